The molecule has 0 spiro atoms. The number of anilines is 1. The van der Waals surface area contributed by atoms with E-state index in [2.05, 4.69) is 10.3 Å². The van der Waals surface area contributed by atoms with Crippen molar-refractivity contribution in [3.05, 3.63) is 59.4 Å². The Bertz CT molecular complexity index is 819. The van der Waals surface area contributed by atoms with E-state index in [0.29, 0.717) is 37.9 Å². The second kappa shape index (κ2) is 6.87. The summed E-state index contributed by atoms with van der Waals surface area (Å²) in [5.74, 6) is -0.183. The van der Waals surface area contributed by atoms with Crippen molar-refractivity contribution in [2.75, 3.05) is 18.4 Å². The third kappa shape index (κ3) is 3.50. The van der Waals surface area contributed by atoms with Crippen LogP contribution in [0.3, 0.4) is 0 Å². The van der Waals surface area contributed by atoms with Crippen LogP contribution in [0.15, 0.2) is 42.6 Å². The molecular formula is C20H20F3N3O. The summed E-state index contributed by atoms with van der Waals surface area (Å²) in [5.41, 5.74) is 1.54. The Hall–Kier alpha value is -2.57. The molecule has 7 heteroatoms. The van der Waals surface area contributed by atoms with E-state index in [0.717, 1.165) is 17.4 Å². The van der Waals surface area contributed by atoms with Crippen LogP contribution in [0.1, 0.15) is 35.6 Å². The maximum atomic E-state index is 13.3. The largest absolute Gasteiger partial charge is 0.416 e. The smallest absolute Gasteiger partial charge is 0.372 e. The van der Waals surface area contributed by atoms with Gasteiger partial charge in [-0.2, -0.15) is 13.2 Å². The molecule has 0 saturated carbocycles. The summed E-state index contributed by atoms with van der Waals surface area (Å²) in [6, 6.07) is 9.15. The van der Waals surface area contributed by atoms with Gasteiger partial charge in [0.05, 0.1) is 16.9 Å². The number of carbonyl (C=O) groups excluding carboxylic acids is 1. The summed E-state index contributed by atoms with van der Waals surface area (Å²) in [4.78, 5) is 18.8. The van der Waals surface area contributed by atoms with Gasteiger partial charge in [0.1, 0.15) is 6.04 Å². The standard InChI is InChI=1S/C20H20F3N3O/c21-20(22,23)15-5-2-1-4-14(15)13-7-10-26(11-8-13)19(27)18-12-17-16(25-18)6-3-9-24-17/h1-6,9,13,18,25H,7-8,10-12H2. The number of pyridine rings is 1. The van der Waals surface area contributed by atoms with Crippen molar-refractivity contribution in [1.82, 2.24) is 9.88 Å². The number of carbonyl (C=O) groups is 1. The van der Waals surface area contributed by atoms with Gasteiger partial charge in [0.15, 0.2) is 0 Å². The fourth-order valence-electron chi connectivity index (χ4n) is 4.06. The SMILES string of the molecule is O=C(C1Cc2ncccc2N1)N1CCC(c2ccccc2C(F)(F)F)CC1. The minimum Gasteiger partial charge on any atom is -0.372 e. The average molecular weight is 375 g/mol. The van der Waals surface area contributed by atoms with Gasteiger partial charge in [-0.05, 0) is 42.5 Å². The van der Waals surface area contributed by atoms with Crippen LogP contribution in [0, 0.1) is 0 Å². The van der Waals surface area contributed by atoms with Gasteiger partial charge < -0.3 is 10.2 Å². The molecule has 142 valence electrons. The molecule has 1 unspecified atom stereocenters. The molecule has 1 atom stereocenters. The van der Waals surface area contributed by atoms with Gasteiger partial charge in [-0.15, -0.1) is 0 Å². The van der Waals surface area contributed by atoms with Crippen LogP contribution in [-0.4, -0.2) is 34.9 Å². The lowest BCUT2D eigenvalue weighted by atomic mass is 9.86. The first kappa shape index (κ1) is 17.8. The zero-order chi connectivity index (χ0) is 19.0. The highest BCUT2D eigenvalue weighted by Crippen LogP contribution is 2.38. The number of halogens is 3. The zero-order valence-electron chi connectivity index (χ0n) is 14.7. The van der Waals surface area contributed by atoms with Crippen LogP contribution >= 0.6 is 0 Å². The highest BCUT2D eigenvalue weighted by Gasteiger charge is 2.37. The lowest BCUT2D eigenvalue weighted by molar-refractivity contribution is -0.139. The fourth-order valence-corrected chi connectivity index (χ4v) is 4.06. The van der Waals surface area contributed by atoms with Crippen LogP contribution < -0.4 is 5.32 Å². The Kier molecular flexibility index (Phi) is 4.53. The molecule has 4 nitrogen and oxygen atoms in total. The maximum Gasteiger partial charge on any atom is 0.416 e. The number of hydrogen-bond acceptors (Lipinski definition) is 3. The number of nitrogens with zero attached hydrogens (tertiary/aromatic N) is 2. The lowest BCUT2D eigenvalue weighted by Crippen LogP contribution is -2.45. The Morgan fingerprint density at radius 2 is 1.85 bits per heavy atom. The van der Waals surface area contributed by atoms with Crippen molar-refractivity contribution < 1.29 is 18.0 Å². The number of fused-ring (bicyclic) bond motifs is 1. The van der Waals surface area contributed by atoms with Gasteiger partial charge in [-0.3, -0.25) is 9.78 Å². The van der Waals surface area contributed by atoms with Gasteiger partial charge in [-0.25, -0.2) is 0 Å². The molecule has 0 bridgehead atoms. The Morgan fingerprint density at radius 3 is 2.56 bits per heavy atom. The molecule has 1 fully saturated rings. The molecule has 4 rings (SSSR count). The summed E-state index contributed by atoms with van der Waals surface area (Å²) >= 11 is 0. The summed E-state index contributed by atoms with van der Waals surface area (Å²) in [6.07, 6.45) is -1.02. The number of nitrogens with one attached hydrogen (secondary N) is 1. The van der Waals surface area contributed by atoms with Gasteiger partial charge in [0.2, 0.25) is 5.91 Å². The van der Waals surface area contributed by atoms with E-state index in [-0.39, 0.29) is 17.9 Å². The van der Waals surface area contributed by atoms with Crippen molar-refractivity contribution >= 4 is 11.6 Å². The first-order valence-electron chi connectivity index (χ1n) is 9.09. The maximum absolute atomic E-state index is 13.3. The average Bonchev–Trinajstić information content (AvgIpc) is 3.11. The first-order chi connectivity index (χ1) is 12.9. The normalized spacial score (nSPS) is 20.3. The Labute approximate surface area is 155 Å². The summed E-state index contributed by atoms with van der Waals surface area (Å²) in [5, 5.41) is 3.20. The lowest BCUT2D eigenvalue weighted by Gasteiger charge is -2.34. The van der Waals surface area contributed by atoms with E-state index in [1.807, 2.05) is 12.1 Å². The number of rotatable bonds is 2. The Balaban J connectivity index is 1.41. The minimum absolute atomic E-state index is 0.00411. The van der Waals surface area contributed by atoms with Crippen molar-refractivity contribution in [3.63, 3.8) is 0 Å². The van der Waals surface area contributed by atoms with E-state index in [1.165, 1.54) is 6.07 Å². The number of amides is 1. The number of benzene rings is 1. The number of alkyl halides is 3. The van der Waals surface area contributed by atoms with Gasteiger partial charge >= 0.3 is 6.18 Å². The van der Waals surface area contributed by atoms with Crippen LogP contribution in [0.4, 0.5) is 18.9 Å². The van der Waals surface area contributed by atoms with Crippen LogP contribution in [0.2, 0.25) is 0 Å². The van der Waals surface area contributed by atoms with Crippen LogP contribution in [0.5, 0.6) is 0 Å². The van der Waals surface area contributed by atoms with E-state index >= 15 is 0 Å². The summed E-state index contributed by atoms with van der Waals surface area (Å²) < 4.78 is 39.8. The van der Waals surface area contributed by atoms with E-state index in [9.17, 15) is 18.0 Å². The molecule has 1 amide bonds. The predicted molar refractivity (Wildman–Crippen MR) is 95.4 cm³/mol. The van der Waals surface area contributed by atoms with Crippen LogP contribution in [-0.2, 0) is 17.4 Å². The van der Waals surface area contributed by atoms with Crippen molar-refractivity contribution in [1.29, 1.82) is 0 Å². The zero-order valence-corrected chi connectivity index (χ0v) is 14.7. The number of aromatic nitrogens is 1. The minimum atomic E-state index is -4.35. The van der Waals surface area contributed by atoms with Crippen molar-refractivity contribution in [2.24, 2.45) is 0 Å². The molecular weight excluding hydrogens is 355 g/mol. The second-order valence-electron chi connectivity index (χ2n) is 7.08. The van der Waals surface area contributed by atoms with Crippen LogP contribution in [0.25, 0.3) is 0 Å². The summed E-state index contributed by atoms with van der Waals surface area (Å²) in [7, 11) is 0. The molecule has 2 aromatic rings. The number of likely N-dealkylation sites (tertiary alicyclic amines) is 1. The van der Waals surface area contributed by atoms with E-state index < -0.39 is 11.7 Å². The van der Waals surface area contributed by atoms with Crippen molar-refractivity contribution in [2.45, 2.75) is 37.4 Å². The van der Waals surface area contributed by atoms with Gasteiger partial charge in [-0.1, -0.05) is 18.2 Å². The highest BCUT2D eigenvalue weighted by molar-refractivity contribution is 5.87. The third-order valence-corrected chi connectivity index (χ3v) is 5.43. The van der Waals surface area contributed by atoms with Gasteiger partial charge in [0.25, 0.3) is 0 Å². The second-order valence-corrected chi connectivity index (χ2v) is 7.08. The van der Waals surface area contributed by atoms with Gasteiger partial charge in [0, 0.05) is 25.7 Å². The Morgan fingerprint density at radius 1 is 1.11 bits per heavy atom. The monoisotopic (exact) mass is 375 g/mol. The molecule has 1 N–H and O–H groups in total. The molecule has 3 heterocycles. The topological polar surface area (TPSA) is 45.2 Å². The summed E-state index contributed by atoms with van der Waals surface area (Å²) in [6.45, 7) is 0.940. The molecule has 2 aliphatic heterocycles. The molecule has 1 saturated heterocycles. The first-order valence-corrected chi connectivity index (χ1v) is 9.09. The molecule has 27 heavy (non-hydrogen) atoms. The van der Waals surface area contributed by atoms with E-state index in [4.69, 9.17) is 0 Å². The molecule has 2 aliphatic rings. The van der Waals surface area contributed by atoms with E-state index in [1.54, 1.807) is 23.2 Å². The number of hydrogen-bond donors (Lipinski definition) is 1. The molecule has 0 radical (unpaired) electrons. The third-order valence-electron chi connectivity index (χ3n) is 5.43. The predicted octanol–water partition coefficient (Wildman–Crippen LogP) is 3.84. The quantitative estimate of drug-likeness (QED) is 0.867. The van der Waals surface area contributed by atoms with Crippen molar-refractivity contribution in [3.8, 4) is 0 Å². The molecule has 0 aliphatic carbocycles. The fraction of sp³-hybridized carbons (Fsp3) is 0.400. The number of piperidine rings is 1. The molecule has 1 aromatic heterocycles. The molecule has 1 aromatic carbocycles. The highest BCUT2D eigenvalue weighted by atomic mass is 19.4.